The molecular formula is C51H65N5O11. The van der Waals surface area contributed by atoms with Crippen LogP contribution in [0.25, 0.3) is 17.2 Å². The second-order valence-corrected chi connectivity index (χ2v) is 15.9. The Balaban J connectivity index is 0.788. The van der Waals surface area contributed by atoms with E-state index < -0.39 is 5.91 Å². The van der Waals surface area contributed by atoms with Crippen molar-refractivity contribution < 1.29 is 52.1 Å². The lowest BCUT2D eigenvalue weighted by Gasteiger charge is -2.34. The molecule has 0 bridgehead atoms. The molecule has 16 heteroatoms. The first kappa shape index (κ1) is 52.0. The number of anilines is 1. The zero-order valence-corrected chi connectivity index (χ0v) is 39.2. The number of benzene rings is 3. The van der Waals surface area contributed by atoms with Crippen molar-refractivity contribution in [3.63, 3.8) is 0 Å². The Hall–Kier alpha value is -5.93. The maximum atomic E-state index is 12.9. The van der Waals surface area contributed by atoms with Gasteiger partial charge in [-0.25, -0.2) is 0 Å². The van der Waals surface area contributed by atoms with E-state index in [9.17, 15) is 19.6 Å². The molecule has 0 spiro atoms. The Kier molecular flexibility index (Phi) is 22.5. The zero-order valence-electron chi connectivity index (χ0n) is 39.2. The number of hydrogen-bond donors (Lipinski definition) is 2. The molecule has 4 aromatic rings. The van der Waals surface area contributed by atoms with E-state index in [1.54, 1.807) is 19.9 Å². The fourth-order valence-electron chi connectivity index (χ4n) is 7.37. The van der Waals surface area contributed by atoms with Crippen LogP contribution in [0.3, 0.4) is 0 Å². The summed E-state index contributed by atoms with van der Waals surface area (Å²) in [6, 6.07) is 24.8. The molecular weight excluding hydrogens is 859 g/mol. The number of nitrogens with one attached hydrogen (secondary N) is 2. The second-order valence-electron chi connectivity index (χ2n) is 15.9. The minimum atomic E-state index is -0.479. The Labute approximate surface area is 393 Å². The van der Waals surface area contributed by atoms with Crippen molar-refractivity contribution in [2.75, 3.05) is 97.3 Å². The van der Waals surface area contributed by atoms with E-state index in [2.05, 4.69) is 28.8 Å². The van der Waals surface area contributed by atoms with Crippen molar-refractivity contribution in [1.29, 1.82) is 5.26 Å². The predicted octanol–water partition coefficient (Wildman–Crippen LogP) is 6.81. The number of carbonyl (C=O) groups excluding carboxylic acids is 3. The molecule has 1 aromatic heterocycles. The van der Waals surface area contributed by atoms with Crippen LogP contribution in [0.1, 0.15) is 79.0 Å². The topological polar surface area (TPSA) is 193 Å². The van der Waals surface area contributed by atoms with Crippen molar-refractivity contribution in [3.05, 3.63) is 107 Å². The van der Waals surface area contributed by atoms with Gasteiger partial charge in [0.2, 0.25) is 5.91 Å². The molecule has 0 aliphatic carbocycles. The molecule has 2 N–H and O–H groups in total. The molecule has 2 heterocycles. The molecule has 0 saturated carbocycles. The van der Waals surface area contributed by atoms with Gasteiger partial charge in [0, 0.05) is 42.9 Å². The molecule has 2 atom stereocenters. The normalized spacial score (nSPS) is 14.0. The number of amides is 3. The Bertz CT molecular complexity index is 2200. The molecule has 16 nitrogen and oxygen atoms in total. The molecule has 1 aliphatic rings. The van der Waals surface area contributed by atoms with Crippen molar-refractivity contribution >= 4 is 29.5 Å². The maximum absolute atomic E-state index is 12.9. The summed E-state index contributed by atoms with van der Waals surface area (Å²) in [4.78, 5) is 39.6. The van der Waals surface area contributed by atoms with Gasteiger partial charge >= 0.3 is 0 Å². The van der Waals surface area contributed by atoms with E-state index in [0.717, 1.165) is 41.6 Å². The highest BCUT2D eigenvalue weighted by Crippen LogP contribution is 2.34. The van der Waals surface area contributed by atoms with Crippen molar-refractivity contribution in [3.8, 4) is 22.9 Å². The summed E-state index contributed by atoms with van der Waals surface area (Å²) in [5, 5.41) is 19.2. The lowest BCUT2D eigenvalue weighted by Crippen LogP contribution is -2.40. The number of rotatable bonds is 30. The maximum Gasteiger partial charge on any atom is 0.262 e. The van der Waals surface area contributed by atoms with E-state index in [1.165, 1.54) is 11.6 Å². The van der Waals surface area contributed by atoms with Gasteiger partial charge in [-0.1, -0.05) is 48.8 Å². The van der Waals surface area contributed by atoms with Gasteiger partial charge in [0.15, 0.2) is 5.76 Å². The molecule has 1 aliphatic heterocycles. The fourth-order valence-corrected chi connectivity index (χ4v) is 7.37. The lowest BCUT2D eigenvalue weighted by atomic mass is 9.93. The summed E-state index contributed by atoms with van der Waals surface area (Å²) in [6.45, 7) is 13.4. The standard InChI is InChI=1S/C51H65N5O11/c1-5-6-48(54-51(59)45(36-52)35-47-33-37(2)55-67-47)41-13-16-46(17-14-41)66-32-31-65-30-29-64-28-27-63-26-25-62-24-23-61-22-21-60-20-19-53-50(58)42-11-9-40(10-12-42)43-15-18-49-44(34-43)8-7-38(3)56(49)39(4)57/h9-18,33-35,38,48H,5-8,19-32H2,1-4H3,(H,53,58)(H,54,59)/b45-35+/t38-,48?/m0/s1. The molecule has 67 heavy (non-hydrogen) atoms. The summed E-state index contributed by atoms with van der Waals surface area (Å²) in [5.41, 5.74) is 6.32. The van der Waals surface area contributed by atoms with Crippen LogP contribution >= 0.6 is 0 Å². The quantitative estimate of drug-likeness (QED) is 0.0315. The largest absolute Gasteiger partial charge is 0.491 e. The molecule has 0 radical (unpaired) electrons. The summed E-state index contributed by atoms with van der Waals surface area (Å²) < 4.78 is 44.3. The number of nitriles is 1. The summed E-state index contributed by atoms with van der Waals surface area (Å²) in [5.74, 6) is 0.449. The van der Waals surface area contributed by atoms with Gasteiger partial charge in [0.1, 0.15) is 24.0 Å². The van der Waals surface area contributed by atoms with E-state index in [0.29, 0.717) is 122 Å². The first-order valence-electron chi connectivity index (χ1n) is 23.0. The van der Waals surface area contributed by atoms with E-state index >= 15 is 0 Å². The van der Waals surface area contributed by atoms with Gasteiger partial charge in [0.25, 0.3) is 11.8 Å². The average Bonchev–Trinajstić information content (AvgIpc) is 3.75. The van der Waals surface area contributed by atoms with Gasteiger partial charge in [-0.2, -0.15) is 5.26 Å². The van der Waals surface area contributed by atoms with Crippen molar-refractivity contribution in [1.82, 2.24) is 15.8 Å². The van der Waals surface area contributed by atoms with Gasteiger partial charge in [0.05, 0.1) is 91.0 Å². The molecule has 360 valence electrons. The molecule has 5 rings (SSSR count). The Morgan fingerprint density at radius 1 is 0.806 bits per heavy atom. The van der Waals surface area contributed by atoms with Gasteiger partial charge < -0.3 is 53.2 Å². The predicted molar refractivity (Wildman–Crippen MR) is 253 cm³/mol. The zero-order chi connectivity index (χ0) is 47.6. The third-order valence-electron chi connectivity index (χ3n) is 10.8. The first-order valence-corrected chi connectivity index (χ1v) is 23.0. The number of aromatic nitrogens is 1. The Morgan fingerprint density at radius 2 is 1.39 bits per heavy atom. The summed E-state index contributed by atoms with van der Waals surface area (Å²) >= 11 is 0. The average molecular weight is 924 g/mol. The highest BCUT2D eigenvalue weighted by molar-refractivity contribution is 6.01. The van der Waals surface area contributed by atoms with E-state index in [-0.39, 0.29) is 29.5 Å². The van der Waals surface area contributed by atoms with Crippen LogP contribution in [-0.2, 0) is 44.4 Å². The molecule has 1 unspecified atom stereocenters. The van der Waals surface area contributed by atoms with Crippen molar-refractivity contribution in [2.45, 2.75) is 65.5 Å². The van der Waals surface area contributed by atoms with Crippen LogP contribution < -0.4 is 20.3 Å². The molecule has 0 saturated heterocycles. The monoisotopic (exact) mass is 923 g/mol. The van der Waals surface area contributed by atoms with Gasteiger partial charge in [-0.05, 0) is 91.8 Å². The molecule has 0 fully saturated rings. The number of carbonyl (C=O) groups is 3. The SMILES string of the molecule is CCCC(NC(=O)/C(C#N)=C/c1cc(C)no1)c1ccc(OCCOCCOCCOCCOCCOCCOCCNC(=O)c2ccc(-c3ccc4c(c3)CC[C@H](C)N4C(C)=O)cc2)cc1. The van der Waals surface area contributed by atoms with Crippen LogP contribution in [0, 0.1) is 18.3 Å². The van der Waals surface area contributed by atoms with Crippen LogP contribution in [0.5, 0.6) is 5.75 Å². The third kappa shape index (κ3) is 17.7. The minimum absolute atomic E-state index is 0.0582. The van der Waals surface area contributed by atoms with Gasteiger partial charge in [-0.15, -0.1) is 0 Å². The molecule has 3 aromatic carbocycles. The number of fused-ring (bicyclic) bond motifs is 1. The van der Waals surface area contributed by atoms with Crippen LogP contribution in [0.4, 0.5) is 5.69 Å². The fraction of sp³-hybridized carbons (Fsp3) is 0.471. The number of hydrogen-bond acceptors (Lipinski definition) is 13. The lowest BCUT2D eigenvalue weighted by molar-refractivity contribution is -0.118. The van der Waals surface area contributed by atoms with Crippen LogP contribution in [-0.4, -0.2) is 121 Å². The minimum Gasteiger partial charge on any atom is -0.491 e. The first-order chi connectivity index (χ1) is 32.7. The number of nitrogens with zero attached hydrogens (tertiary/aromatic N) is 3. The van der Waals surface area contributed by atoms with Gasteiger partial charge in [-0.3, -0.25) is 14.4 Å². The number of ether oxygens (including phenoxy) is 7. The highest BCUT2D eigenvalue weighted by atomic mass is 16.6. The highest BCUT2D eigenvalue weighted by Gasteiger charge is 2.26. The second kappa shape index (κ2) is 29.0. The van der Waals surface area contributed by atoms with Crippen LogP contribution in [0.15, 0.2) is 82.9 Å². The third-order valence-corrected chi connectivity index (χ3v) is 10.8. The van der Waals surface area contributed by atoms with Crippen molar-refractivity contribution in [2.24, 2.45) is 0 Å². The number of aryl methyl sites for hydroxylation is 2. The van der Waals surface area contributed by atoms with E-state index in [4.69, 9.17) is 37.7 Å². The summed E-state index contributed by atoms with van der Waals surface area (Å²) in [7, 11) is 0. The Morgan fingerprint density at radius 3 is 1.94 bits per heavy atom. The summed E-state index contributed by atoms with van der Waals surface area (Å²) in [6.07, 6.45) is 4.79. The van der Waals surface area contributed by atoms with E-state index in [1.807, 2.05) is 78.6 Å². The smallest absolute Gasteiger partial charge is 0.262 e. The van der Waals surface area contributed by atoms with Crippen LogP contribution in [0.2, 0.25) is 0 Å². The molecule has 3 amide bonds.